The number of H-pyrrole nitrogens is 1. The second-order valence-electron chi connectivity index (χ2n) is 5.88. The van der Waals surface area contributed by atoms with Gasteiger partial charge in [-0.3, -0.25) is 9.36 Å². The fourth-order valence-corrected chi connectivity index (χ4v) is 3.24. The van der Waals surface area contributed by atoms with Crippen LogP contribution in [0.3, 0.4) is 0 Å². The van der Waals surface area contributed by atoms with E-state index in [1.807, 2.05) is 32.0 Å². The largest absolute Gasteiger partial charge is 0.385 e. The van der Waals surface area contributed by atoms with Crippen LogP contribution in [0.15, 0.2) is 28.2 Å². The van der Waals surface area contributed by atoms with E-state index in [0.29, 0.717) is 24.7 Å². The summed E-state index contributed by atoms with van der Waals surface area (Å²) in [5.74, 6) is -0.129. The van der Waals surface area contributed by atoms with Crippen LogP contribution in [0.1, 0.15) is 24.5 Å². The number of rotatable bonds is 8. The summed E-state index contributed by atoms with van der Waals surface area (Å²) in [5.41, 5.74) is 2.68. The molecule has 8 heteroatoms. The molecule has 0 radical (unpaired) electrons. The van der Waals surface area contributed by atoms with Gasteiger partial charge in [0.2, 0.25) is 5.91 Å². The first-order valence-electron chi connectivity index (χ1n) is 8.11. The maximum Gasteiger partial charge on any atom is 0.343 e. The molecule has 2 rings (SSSR count). The lowest BCUT2D eigenvalue weighted by atomic mass is 10.1. The number of methoxy groups -OCH3 is 1. The van der Waals surface area contributed by atoms with E-state index in [-0.39, 0.29) is 11.6 Å². The van der Waals surface area contributed by atoms with Crippen LogP contribution in [0.25, 0.3) is 0 Å². The third-order valence-corrected chi connectivity index (χ3v) is 4.83. The minimum absolute atomic E-state index is 0.129. The van der Waals surface area contributed by atoms with E-state index < -0.39 is 5.25 Å². The van der Waals surface area contributed by atoms with E-state index in [4.69, 9.17) is 4.74 Å². The molecule has 136 valence electrons. The fourth-order valence-electron chi connectivity index (χ4n) is 2.36. The molecule has 0 saturated heterocycles. The van der Waals surface area contributed by atoms with Gasteiger partial charge >= 0.3 is 5.69 Å². The normalized spacial score (nSPS) is 12.2. The zero-order valence-electron chi connectivity index (χ0n) is 15.0. The van der Waals surface area contributed by atoms with Crippen molar-refractivity contribution in [3.05, 3.63) is 39.8 Å². The number of carbonyl (C=O) groups excluding carboxylic acids is 1. The van der Waals surface area contributed by atoms with Crippen LogP contribution in [-0.4, -0.2) is 39.6 Å². The number of aryl methyl sites for hydroxylation is 2. The van der Waals surface area contributed by atoms with Crippen molar-refractivity contribution in [2.75, 3.05) is 19.0 Å². The highest BCUT2D eigenvalue weighted by Gasteiger charge is 2.19. The summed E-state index contributed by atoms with van der Waals surface area (Å²) in [5, 5.41) is 9.50. The van der Waals surface area contributed by atoms with Crippen LogP contribution in [0.5, 0.6) is 0 Å². The Bertz CT molecular complexity index is 784. The van der Waals surface area contributed by atoms with Crippen LogP contribution in [-0.2, 0) is 16.1 Å². The van der Waals surface area contributed by atoms with Gasteiger partial charge in [-0.25, -0.2) is 9.89 Å². The van der Waals surface area contributed by atoms with Crippen LogP contribution in [0.2, 0.25) is 0 Å². The first-order chi connectivity index (χ1) is 11.9. The molecule has 2 N–H and O–H groups in total. The maximum atomic E-state index is 12.5. The second kappa shape index (κ2) is 8.87. The fraction of sp³-hybridized carbons (Fsp3) is 0.471. The highest BCUT2D eigenvalue weighted by molar-refractivity contribution is 8.00. The summed E-state index contributed by atoms with van der Waals surface area (Å²) in [6, 6.07) is 5.88. The van der Waals surface area contributed by atoms with E-state index >= 15 is 0 Å². The monoisotopic (exact) mass is 364 g/mol. The Labute approximate surface area is 151 Å². The minimum Gasteiger partial charge on any atom is -0.385 e. The van der Waals surface area contributed by atoms with Gasteiger partial charge < -0.3 is 10.1 Å². The van der Waals surface area contributed by atoms with Crippen molar-refractivity contribution >= 4 is 23.4 Å². The van der Waals surface area contributed by atoms with Gasteiger partial charge in [0, 0.05) is 25.9 Å². The first kappa shape index (κ1) is 19.3. The number of nitrogens with one attached hydrogen (secondary N) is 2. The Balaban J connectivity index is 2.02. The van der Waals surface area contributed by atoms with Crippen molar-refractivity contribution in [3.63, 3.8) is 0 Å². The number of hydrogen-bond donors (Lipinski definition) is 2. The van der Waals surface area contributed by atoms with E-state index in [1.54, 1.807) is 14.0 Å². The van der Waals surface area contributed by atoms with Gasteiger partial charge in [-0.2, -0.15) is 0 Å². The van der Waals surface area contributed by atoms with E-state index in [9.17, 15) is 9.59 Å². The van der Waals surface area contributed by atoms with Gasteiger partial charge in [0.25, 0.3) is 0 Å². The van der Waals surface area contributed by atoms with Gasteiger partial charge in [0.1, 0.15) is 0 Å². The van der Waals surface area contributed by atoms with Crippen molar-refractivity contribution in [2.24, 2.45) is 0 Å². The maximum absolute atomic E-state index is 12.5. The molecule has 0 aliphatic heterocycles. The number of aromatic nitrogens is 3. The summed E-state index contributed by atoms with van der Waals surface area (Å²) < 4.78 is 6.54. The lowest BCUT2D eigenvalue weighted by molar-refractivity contribution is -0.115. The number of carbonyl (C=O) groups is 1. The highest BCUT2D eigenvalue weighted by Crippen LogP contribution is 2.23. The lowest BCUT2D eigenvalue weighted by Crippen LogP contribution is -2.24. The molecule has 0 fully saturated rings. The number of nitrogens with zero attached hydrogens (tertiary/aromatic N) is 2. The number of benzene rings is 1. The van der Waals surface area contributed by atoms with Crippen LogP contribution in [0, 0.1) is 13.8 Å². The topological polar surface area (TPSA) is 89.0 Å². The molecule has 7 nitrogen and oxygen atoms in total. The van der Waals surface area contributed by atoms with Crippen molar-refractivity contribution in [1.29, 1.82) is 0 Å². The van der Waals surface area contributed by atoms with E-state index in [1.165, 1.54) is 16.3 Å². The SMILES string of the molecule is COCCCn1c(S[C@@H](C)C(=O)Nc2ccc(C)cc2C)n[nH]c1=O. The number of aromatic amines is 1. The van der Waals surface area contributed by atoms with Crippen molar-refractivity contribution < 1.29 is 9.53 Å². The molecule has 1 aromatic heterocycles. The zero-order valence-corrected chi connectivity index (χ0v) is 15.8. The number of thioether (sulfide) groups is 1. The predicted molar refractivity (Wildman–Crippen MR) is 99.2 cm³/mol. The molecule has 1 heterocycles. The van der Waals surface area contributed by atoms with Gasteiger partial charge in [0.05, 0.1) is 5.25 Å². The quantitative estimate of drug-likeness (QED) is 0.554. The second-order valence-corrected chi connectivity index (χ2v) is 7.18. The Morgan fingerprint density at radius 3 is 2.88 bits per heavy atom. The molecule has 0 aliphatic rings. The summed E-state index contributed by atoms with van der Waals surface area (Å²) >= 11 is 1.25. The Kier molecular flexibility index (Phi) is 6.83. The number of ether oxygens (including phenoxy) is 1. The van der Waals surface area contributed by atoms with Gasteiger partial charge in [0.15, 0.2) is 5.16 Å². The predicted octanol–water partition coefficient (Wildman–Crippen LogP) is 2.34. The number of hydrogen-bond acceptors (Lipinski definition) is 5. The third kappa shape index (κ3) is 5.20. The van der Waals surface area contributed by atoms with Crippen molar-refractivity contribution in [3.8, 4) is 0 Å². The Hall–Kier alpha value is -2.06. The van der Waals surface area contributed by atoms with Crippen molar-refractivity contribution in [1.82, 2.24) is 14.8 Å². The summed E-state index contributed by atoms with van der Waals surface area (Å²) in [6.07, 6.45) is 0.701. The molecular weight excluding hydrogens is 340 g/mol. The molecule has 1 atom stereocenters. The van der Waals surface area contributed by atoms with Crippen molar-refractivity contribution in [2.45, 2.75) is 44.1 Å². The van der Waals surface area contributed by atoms with Gasteiger partial charge in [-0.15, -0.1) is 5.10 Å². The molecule has 0 saturated carbocycles. The van der Waals surface area contributed by atoms with Gasteiger partial charge in [-0.1, -0.05) is 29.5 Å². The van der Waals surface area contributed by atoms with Crippen LogP contribution < -0.4 is 11.0 Å². The lowest BCUT2D eigenvalue weighted by Gasteiger charge is -2.14. The molecule has 0 unspecified atom stereocenters. The summed E-state index contributed by atoms with van der Waals surface area (Å²) in [7, 11) is 1.62. The smallest absolute Gasteiger partial charge is 0.343 e. The van der Waals surface area contributed by atoms with E-state index in [0.717, 1.165) is 16.8 Å². The third-order valence-electron chi connectivity index (χ3n) is 3.74. The Morgan fingerprint density at radius 1 is 1.44 bits per heavy atom. The first-order valence-corrected chi connectivity index (χ1v) is 8.99. The standard InChI is InChI=1S/C17H24N4O3S/c1-11-6-7-14(12(2)10-11)18-15(22)13(3)25-17-20-19-16(23)21(17)8-5-9-24-4/h6-7,10,13H,5,8-9H2,1-4H3,(H,18,22)(H,19,23)/t13-/m0/s1. The highest BCUT2D eigenvalue weighted by atomic mass is 32.2. The van der Waals surface area contributed by atoms with Gasteiger partial charge in [-0.05, 0) is 38.8 Å². The average molecular weight is 364 g/mol. The Morgan fingerprint density at radius 2 is 2.20 bits per heavy atom. The van der Waals surface area contributed by atoms with Crippen LogP contribution in [0.4, 0.5) is 5.69 Å². The molecule has 0 aliphatic carbocycles. The molecule has 25 heavy (non-hydrogen) atoms. The minimum atomic E-state index is -0.392. The summed E-state index contributed by atoms with van der Waals surface area (Å²) in [6.45, 7) is 6.82. The molecule has 1 aromatic carbocycles. The number of anilines is 1. The van der Waals surface area contributed by atoms with Crippen LogP contribution >= 0.6 is 11.8 Å². The molecule has 2 aromatic rings. The number of amides is 1. The zero-order chi connectivity index (χ0) is 18.4. The van der Waals surface area contributed by atoms with E-state index in [2.05, 4.69) is 15.5 Å². The molecule has 1 amide bonds. The average Bonchev–Trinajstić information content (AvgIpc) is 2.90. The molecule has 0 spiro atoms. The molecule has 0 bridgehead atoms. The molecular formula is C17H24N4O3S. The summed E-state index contributed by atoms with van der Waals surface area (Å²) in [4.78, 5) is 24.3.